The van der Waals surface area contributed by atoms with Gasteiger partial charge in [-0.15, -0.1) is 11.3 Å². The lowest BCUT2D eigenvalue weighted by molar-refractivity contribution is -0.121. The SMILES string of the molecule is CCOc1cc(CC(=O)NC(Cc2cccs2)c2ccccc2N2CCCC2)ccc1C(=O)O. The molecule has 0 aliphatic carbocycles. The van der Waals surface area contributed by atoms with E-state index in [0.29, 0.717) is 12.2 Å². The molecule has 1 aromatic heterocycles. The Morgan fingerprint density at radius 3 is 2.62 bits per heavy atom. The highest BCUT2D eigenvalue weighted by Gasteiger charge is 2.23. The number of hydrogen-bond acceptors (Lipinski definition) is 5. The fourth-order valence-corrected chi connectivity index (χ4v) is 5.21. The second-order valence-corrected chi connectivity index (χ2v) is 9.43. The van der Waals surface area contributed by atoms with Crippen molar-refractivity contribution in [1.29, 1.82) is 0 Å². The number of ether oxygens (including phenoxy) is 1. The van der Waals surface area contributed by atoms with Crippen LogP contribution in [0.1, 0.15) is 52.2 Å². The number of amides is 1. The number of carbonyl (C=O) groups excluding carboxylic acids is 1. The second-order valence-electron chi connectivity index (χ2n) is 8.40. The largest absolute Gasteiger partial charge is 0.493 e. The maximum absolute atomic E-state index is 13.2. The molecular formula is C27H30N2O4S. The maximum atomic E-state index is 13.2. The van der Waals surface area contributed by atoms with E-state index in [1.54, 1.807) is 30.4 Å². The minimum Gasteiger partial charge on any atom is -0.493 e. The molecule has 6 nitrogen and oxygen atoms in total. The molecule has 1 amide bonds. The Morgan fingerprint density at radius 2 is 1.91 bits per heavy atom. The molecular weight excluding hydrogens is 448 g/mol. The zero-order valence-corrected chi connectivity index (χ0v) is 20.1. The Hall–Kier alpha value is -3.32. The summed E-state index contributed by atoms with van der Waals surface area (Å²) in [5.74, 6) is -0.868. The van der Waals surface area contributed by atoms with Gasteiger partial charge in [0.05, 0.1) is 19.1 Å². The molecule has 0 saturated carbocycles. The van der Waals surface area contributed by atoms with Crippen molar-refractivity contribution >= 4 is 28.9 Å². The van der Waals surface area contributed by atoms with Crippen LogP contribution in [0.3, 0.4) is 0 Å². The zero-order chi connectivity index (χ0) is 23.9. The van der Waals surface area contributed by atoms with Gasteiger partial charge >= 0.3 is 5.97 Å². The summed E-state index contributed by atoms with van der Waals surface area (Å²) in [6.45, 7) is 4.23. The zero-order valence-electron chi connectivity index (χ0n) is 19.3. The van der Waals surface area contributed by atoms with Gasteiger partial charge in [-0.2, -0.15) is 0 Å². The molecule has 1 saturated heterocycles. The van der Waals surface area contributed by atoms with Crippen molar-refractivity contribution < 1.29 is 19.4 Å². The molecule has 3 aromatic rings. The molecule has 0 radical (unpaired) electrons. The van der Waals surface area contributed by atoms with Gasteiger partial charge in [0.1, 0.15) is 11.3 Å². The number of carboxylic acids is 1. The molecule has 1 aliphatic heterocycles. The topological polar surface area (TPSA) is 78.9 Å². The smallest absolute Gasteiger partial charge is 0.339 e. The summed E-state index contributed by atoms with van der Waals surface area (Å²) >= 11 is 1.69. The van der Waals surface area contributed by atoms with Crippen molar-refractivity contribution in [2.75, 3.05) is 24.6 Å². The minimum atomic E-state index is -1.05. The van der Waals surface area contributed by atoms with Crippen molar-refractivity contribution in [2.45, 2.75) is 38.6 Å². The quantitative estimate of drug-likeness (QED) is 0.424. The van der Waals surface area contributed by atoms with Crippen molar-refractivity contribution in [1.82, 2.24) is 5.32 Å². The first kappa shape index (κ1) is 23.8. The number of carbonyl (C=O) groups is 2. The Kier molecular flexibility index (Phi) is 7.85. The lowest BCUT2D eigenvalue weighted by Gasteiger charge is -2.27. The molecule has 0 bridgehead atoms. The number of para-hydroxylation sites is 1. The Bertz CT molecular complexity index is 1120. The number of carboxylic acid groups (broad SMARTS) is 1. The van der Waals surface area contributed by atoms with E-state index in [-0.39, 0.29) is 29.7 Å². The van der Waals surface area contributed by atoms with Crippen molar-refractivity contribution in [2.24, 2.45) is 0 Å². The predicted molar refractivity (Wildman–Crippen MR) is 135 cm³/mol. The van der Waals surface area contributed by atoms with E-state index < -0.39 is 5.97 Å². The molecule has 2 N–H and O–H groups in total. The predicted octanol–water partition coefficient (Wildman–Crippen LogP) is 5.09. The number of hydrogen-bond donors (Lipinski definition) is 2. The monoisotopic (exact) mass is 478 g/mol. The minimum absolute atomic E-state index is 0.0983. The van der Waals surface area contributed by atoms with Crippen LogP contribution in [0.25, 0.3) is 0 Å². The van der Waals surface area contributed by atoms with Gasteiger partial charge in [-0.1, -0.05) is 30.3 Å². The fourth-order valence-electron chi connectivity index (χ4n) is 4.46. The second kappa shape index (κ2) is 11.2. The Balaban J connectivity index is 1.56. The van der Waals surface area contributed by atoms with Crippen molar-refractivity contribution in [3.8, 4) is 5.75 Å². The lowest BCUT2D eigenvalue weighted by Crippen LogP contribution is -2.32. The number of nitrogens with one attached hydrogen (secondary N) is 1. The van der Waals surface area contributed by atoms with E-state index in [1.165, 1.54) is 29.5 Å². The Morgan fingerprint density at radius 1 is 1.12 bits per heavy atom. The van der Waals surface area contributed by atoms with E-state index in [4.69, 9.17) is 4.74 Å². The van der Waals surface area contributed by atoms with Crippen LogP contribution in [0.2, 0.25) is 0 Å². The first-order chi connectivity index (χ1) is 16.5. The molecule has 1 fully saturated rings. The fraction of sp³-hybridized carbons (Fsp3) is 0.333. The standard InChI is InChI=1S/C27H30N2O4S/c1-2-33-25-16-19(11-12-22(25)27(31)32)17-26(30)28-23(18-20-8-7-15-34-20)21-9-3-4-10-24(21)29-13-5-6-14-29/h3-4,7-12,15-16,23H,2,5-6,13-14,17-18H2,1H3,(H,28,30)(H,31,32). The molecule has 2 aromatic carbocycles. The highest BCUT2D eigenvalue weighted by atomic mass is 32.1. The Labute approximate surface area is 204 Å². The van der Waals surface area contributed by atoms with Gasteiger partial charge in [0.2, 0.25) is 5.91 Å². The molecule has 1 aliphatic rings. The number of aromatic carboxylic acids is 1. The van der Waals surface area contributed by atoms with Gasteiger partial charge in [-0.3, -0.25) is 4.79 Å². The number of anilines is 1. The summed E-state index contributed by atoms with van der Waals surface area (Å²) in [6.07, 6.45) is 3.23. The summed E-state index contributed by atoms with van der Waals surface area (Å²) in [6, 6.07) is 17.1. The summed E-state index contributed by atoms with van der Waals surface area (Å²) in [5, 5.41) is 14.7. The summed E-state index contributed by atoms with van der Waals surface area (Å²) < 4.78 is 5.50. The average molecular weight is 479 g/mol. The normalized spacial score (nSPS) is 14.1. The van der Waals surface area contributed by atoms with Gasteiger partial charge < -0.3 is 20.1 Å². The van der Waals surface area contributed by atoms with Crippen LogP contribution in [0, 0.1) is 0 Å². The van der Waals surface area contributed by atoms with Crippen LogP contribution in [0.15, 0.2) is 60.0 Å². The summed E-state index contributed by atoms with van der Waals surface area (Å²) in [4.78, 5) is 28.2. The van der Waals surface area contributed by atoms with Crippen LogP contribution < -0.4 is 15.0 Å². The third-order valence-electron chi connectivity index (χ3n) is 6.02. The molecule has 178 valence electrons. The first-order valence-electron chi connectivity index (χ1n) is 11.7. The highest BCUT2D eigenvalue weighted by molar-refractivity contribution is 7.09. The summed E-state index contributed by atoms with van der Waals surface area (Å²) in [7, 11) is 0. The van der Waals surface area contributed by atoms with E-state index in [9.17, 15) is 14.7 Å². The third-order valence-corrected chi connectivity index (χ3v) is 6.92. The molecule has 0 spiro atoms. The average Bonchev–Trinajstić information content (AvgIpc) is 3.53. The molecule has 1 atom stereocenters. The van der Waals surface area contributed by atoms with Gasteiger partial charge in [-0.25, -0.2) is 4.79 Å². The van der Waals surface area contributed by atoms with Crippen molar-refractivity contribution in [3.05, 3.63) is 81.5 Å². The van der Waals surface area contributed by atoms with Gasteiger partial charge in [0, 0.05) is 30.1 Å². The van der Waals surface area contributed by atoms with E-state index in [1.807, 2.05) is 12.1 Å². The van der Waals surface area contributed by atoms with Crippen LogP contribution >= 0.6 is 11.3 Å². The van der Waals surface area contributed by atoms with E-state index >= 15 is 0 Å². The lowest BCUT2D eigenvalue weighted by atomic mass is 9.99. The van der Waals surface area contributed by atoms with E-state index in [2.05, 4.69) is 39.9 Å². The number of thiophene rings is 1. The third kappa shape index (κ3) is 5.78. The van der Waals surface area contributed by atoms with Crippen LogP contribution in [-0.2, 0) is 17.6 Å². The highest BCUT2D eigenvalue weighted by Crippen LogP contribution is 2.32. The van der Waals surface area contributed by atoms with Gasteiger partial charge in [0.25, 0.3) is 0 Å². The number of benzene rings is 2. The maximum Gasteiger partial charge on any atom is 0.339 e. The van der Waals surface area contributed by atoms with Gasteiger partial charge in [-0.05, 0) is 60.5 Å². The molecule has 4 rings (SSSR count). The van der Waals surface area contributed by atoms with Gasteiger partial charge in [0.15, 0.2) is 0 Å². The molecule has 1 unspecified atom stereocenters. The van der Waals surface area contributed by atoms with Crippen LogP contribution in [-0.4, -0.2) is 36.7 Å². The first-order valence-corrected chi connectivity index (χ1v) is 12.6. The van der Waals surface area contributed by atoms with Crippen LogP contribution in [0.5, 0.6) is 5.75 Å². The molecule has 2 heterocycles. The molecule has 7 heteroatoms. The van der Waals surface area contributed by atoms with Crippen molar-refractivity contribution in [3.63, 3.8) is 0 Å². The number of nitrogens with zero attached hydrogens (tertiary/aromatic N) is 1. The number of rotatable bonds is 10. The van der Waals surface area contributed by atoms with E-state index in [0.717, 1.165) is 25.1 Å². The van der Waals surface area contributed by atoms with Crippen LogP contribution in [0.4, 0.5) is 5.69 Å². The summed E-state index contributed by atoms with van der Waals surface area (Å²) in [5.41, 5.74) is 3.13. The molecule has 34 heavy (non-hydrogen) atoms.